The van der Waals surface area contributed by atoms with Crippen molar-refractivity contribution < 1.29 is 4.74 Å². The molecule has 8 heteroatoms. The zero-order valence-electron chi connectivity index (χ0n) is 11.3. The number of terminal acetylenes is 1. The van der Waals surface area contributed by atoms with E-state index >= 15 is 0 Å². The fourth-order valence-corrected chi connectivity index (χ4v) is 2.07. The Morgan fingerprint density at radius 1 is 1.38 bits per heavy atom. The second-order valence-corrected chi connectivity index (χ2v) is 4.91. The minimum absolute atomic E-state index is 0.279. The van der Waals surface area contributed by atoms with Gasteiger partial charge in [-0.3, -0.25) is 4.72 Å². The normalized spacial score (nSPS) is 10.2. The van der Waals surface area contributed by atoms with Gasteiger partial charge in [-0.25, -0.2) is 5.10 Å². The highest BCUT2D eigenvalue weighted by Crippen LogP contribution is 2.19. The van der Waals surface area contributed by atoms with Crippen LogP contribution in [0.25, 0.3) is 0 Å². The molecule has 0 atom stereocenters. The van der Waals surface area contributed by atoms with Crippen LogP contribution in [0.1, 0.15) is 0 Å². The molecular weight excluding hydrogens is 288 g/mol. The summed E-state index contributed by atoms with van der Waals surface area (Å²) in [4.78, 5) is 5.06. The second kappa shape index (κ2) is 8.16. The Morgan fingerprint density at radius 2 is 2.19 bits per heavy atom. The molecule has 110 valence electrons. The quantitative estimate of drug-likeness (QED) is 0.332. The average Bonchev–Trinajstić information content (AvgIpc) is 2.90. The minimum atomic E-state index is 0.279. The molecule has 5 N–H and O–H groups in total. The van der Waals surface area contributed by atoms with Crippen LogP contribution in [0.3, 0.4) is 0 Å². The van der Waals surface area contributed by atoms with Gasteiger partial charge in [-0.05, 0) is 36.2 Å². The fourth-order valence-electron chi connectivity index (χ4n) is 1.44. The van der Waals surface area contributed by atoms with Crippen LogP contribution >= 0.6 is 11.9 Å². The monoisotopic (exact) mass is 304 g/mol. The lowest BCUT2D eigenvalue weighted by Crippen LogP contribution is -2.12. The molecule has 0 saturated heterocycles. The van der Waals surface area contributed by atoms with Crippen LogP contribution in [-0.2, 0) is 4.74 Å². The van der Waals surface area contributed by atoms with E-state index in [1.807, 2.05) is 24.3 Å². The molecule has 21 heavy (non-hydrogen) atoms. The van der Waals surface area contributed by atoms with Crippen molar-refractivity contribution in [3.63, 3.8) is 0 Å². The molecule has 0 aliphatic heterocycles. The van der Waals surface area contributed by atoms with E-state index in [0.29, 0.717) is 19.2 Å². The molecule has 0 spiro atoms. The van der Waals surface area contributed by atoms with E-state index in [1.165, 1.54) is 11.9 Å². The molecule has 2 rings (SSSR count). The molecular formula is C13H16N6OS. The molecule has 0 fully saturated rings. The van der Waals surface area contributed by atoms with Crippen molar-refractivity contribution in [1.29, 1.82) is 0 Å². The summed E-state index contributed by atoms with van der Waals surface area (Å²) < 4.78 is 8.35. The summed E-state index contributed by atoms with van der Waals surface area (Å²) in [6.07, 6.45) is 5.08. The van der Waals surface area contributed by atoms with Crippen LogP contribution in [0.15, 0.2) is 29.2 Å². The van der Waals surface area contributed by atoms with E-state index in [2.05, 4.69) is 31.1 Å². The first-order valence-electron chi connectivity index (χ1n) is 6.24. The number of aromatic nitrogens is 3. The summed E-state index contributed by atoms with van der Waals surface area (Å²) in [6, 6.07) is 7.84. The highest BCUT2D eigenvalue weighted by Gasteiger charge is 2.01. The van der Waals surface area contributed by atoms with Crippen molar-refractivity contribution in [1.82, 2.24) is 19.9 Å². The van der Waals surface area contributed by atoms with Crippen LogP contribution in [-0.4, -0.2) is 34.9 Å². The first kappa shape index (κ1) is 15.2. The number of ether oxygens (including phenoxy) is 1. The maximum Gasteiger partial charge on any atom is 0.248 e. The van der Waals surface area contributed by atoms with Crippen LogP contribution in [0.4, 0.5) is 17.6 Å². The molecule has 0 aliphatic rings. The largest absolute Gasteiger partial charge is 0.368 e. The summed E-state index contributed by atoms with van der Waals surface area (Å²) in [7, 11) is 0. The molecule has 0 bridgehead atoms. The van der Waals surface area contributed by atoms with Crippen LogP contribution in [0.2, 0.25) is 0 Å². The Bertz CT molecular complexity index is 591. The summed E-state index contributed by atoms with van der Waals surface area (Å²) >= 11 is 1.53. The predicted octanol–water partition coefficient (Wildman–Crippen LogP) is 1.38. The number of nitrogens with two attached hydrogens (primary N) is 1. The molecule has 2 aromatic rings. The first-order chi connectivity index (χ1) is 10.3. The minimum Gasteiger partial charge on any atom is -0.368 e. The van der Waals surface area contributed by atoms with Crippen LogP contribution < -0.4 is 15.8 Å². The van der Waals surface area contributed by atoms with Gasteiger partial charge in [-0.15, -0.1) is 11.5 Å². The first-order valence-corrected chi connectivity index (χ1v) is 7.05. The van der Waals surface area contributed by atoms with Gasteiger partial charge in [0.25, 0.3) is 0 Å². The van der Waals surface area contributed by atoms with E-state index in [4.69, 9.17) is 16.9 Å². The Balaban J connectivity index is 1.73. The molecule has 1 heterocycles. The van der Waals surface area contributed by atoms with Gasteiger partial charge in [0.2, 0.25) is 11.9 Å². The van der Waals surface area contributed by atoms with Crippen molar-refractivity contribution in [3.05, 3.63) is 24.3 Å². The van der Waals surface area contributed by atoms with Gasteiger partial charge in [-0.2, -0.15) is 4.98 Å². The number of aromatic amines is 1. The molecule has 0 unspecified atom stereocenters. The average molecular weight is 304 g/mol. The number of rotatable bonds is 8. The van der Waals surface area contributed by atoms with Crippen molar-refractivity contribution in [2.75, 3.05) is 30.8 Å². The standard InChI is InChI=1S/C13H16N6OS/c1-2-8-20-9-7-15-21-11-5-3-10(4-6-11)16-13-17-12(14)18-19-13/h1,3-6,15H,7-9H2,(H4,14,16,17,18,19). The van der Waals surface area contributed by atoms with Crippen LogP contribution in [0, 0.1) is 12.3 Å². The number of nitrogens with zero attached hydrogens (tertiary/aromatic N) is 2. The number of H-pyrrole nitrogens is 1. The number of anilines is 3. The number of nitrogens with one attached hydrogen (secondary N) is 3. The molecule has 0 radical (unpaired) electrons. The van der Waals surface area contributed by atoms with Crippen molar-refractivity contribution in [2.24, 2.45) is 0 Å². The van der Waals surface area contributed by atoms with Gasteiger partial charge in [0.15, 0.2) is 0 Å². The highest BCUT2D eigenvalue weighted by atomic mass is 32.2. The van der Waals surface area contributed by atoms with E-state index in [1.54, 1.807) is 0 Å². The molecule has 1 aromatic carbocycles. The summed E-state index contributed by atoms with van der Waals surface area (Å²) in [5.74, 6) is 3.14. The third kappa shape index (κ3) is 5.35. The Kier molecular flexibility index (Phi) is 5.90. The lowest BCUT2D eigenvalue weighted by Gasteiger charge is -2.05. The Labute approximate surface area is 127 Å². The van der Waals surface area contributed by atoms with Gasteiger partial charge >= 0.3 is 0 Å². The lowest BCUT2D eigenvalue weighted by atomic mass is 10.3. The Hall–Kier alpha value is -2.21. The summed E-state index contributed by atoms with van der Waals surface area (Å²) in [5.41, 5.74) is 6.34. The van der Waals surface area contributed by atoms with Crippen LogP contribution in [0.5, 0.6) is 0 Å². The zero-order chi connectivity index (χ0) is 14.9. The van der Waals surface area contributed by atoms with Gasteiger partial charge in [0.1, 0.15) is 6.61 Å². The maximum absolute atomic E-state index is 5.45. The van der Waals surface area contributed by atoms with Gasteiger partial charge in [0.05, 0.1) is 6.61 Å². The summed E-state index contributed by atoms with van der Waals surface area (Å²) in [5, 5.41) is 9.51. The fraction of sp³-hybridized carbons (Fsp3) is 0.231. The smallest absolute Gasteiger partial charge is 0.248 e. The highest BCUT2D eigenvalue weighted by molar-refractivity contribution is 7.97. The SMILES string of the molecule is C#CCOCCNSc1ccc(Nc2n[nH]c(N)n2)cc1. The van der Waals surface area contributed by atoms with E-state index in [9.17, 15) is 0 Å². The van der Waals surface area contributed by atoms with E-state index in [-0.39, 0.29) is 5.95 Å². The number of benzene rings is 1. The molecule has 0 amide bonds. The number of hydrogen-bond acceptors (Lipinski definition) is 7. The molecule has 1 aromatic heterocycles. The van der Waals surface area contributed by atoms with Gasteiger partial charge in [0, 0.05) is 17.1 Å². The zero-order valence-corrected chi connectivity index (χ0v) is 12.1. The van der Waals surface area contributed by atoms with Crippen molar-refractivity contribution in [3.8, 4) is 12.3 Å². The second-order valence-electron chi connectivity index (χ2n) is 3.95. The van der Waals surface area contributed by atoms with Gasteiger partial charge < -0.3 is 15.8 Å². The van der Waals surface area contributed by atoms with E-state index < -0.39 is 0 Å². The molecule has 0 aliphatic carbocycles. The topological polar surface area (TPSA) is 101 Å². The number of hydrogen-bond donors (Lipinski definition) is 4. The maximum atomic E-state index is 5.45. The third-order valence-corrected chi connectivity index (χ3v) is 3.19. The van der Waals surface area contributed by atoms with Crippen molar-refractivity contribution in [2.45, 2.75) is 4.90 Å². The van der Waals surface area contributed by atoms with E-state index in [0.717, 1.165) is 17.1 Å². The molecule has 7 nitrogen and oxygen atoms in total. The third-order valence-electron chi connectivity index (χ3n) is 2.34. The lowest BCUT2D eigenvalue weighted by molar-refractivity contribution is 0.173. The summed E-state index contributed by atoms with van der Waals surface area (Å²) in [6.45, 7) is 1.66. The predicted molar refractivity (Wildman–Crippen MR) is 84.0 cm³/mol. The number of nitrogen functional groups attached to an aromatic ring is 1. The Morgan fingerprint density at radius 3 is 2.86 bits per heavy atom. The van der Waals surface area contributed by atoms with Gasteiger partial charge in [-0.1, -0.05) is 5.92 Å². The molecule has 0 saturated carbocycles. The van der Waals surface area contributed by atoms with Crippen molar-refractivity contribution >= 4 is 29.5 Å².